The van der Waals surface area contributed by atoms with Crippen molar-refractivity contribution in [2.45, 2.75) is 108 Å². The van der Waals surface area contributed by atoms with E-state index < -0.39 is 27.6 Å². The molecule has 0 aromatic heterocycles. The van der Waals surface area contributed by atoms with Crippen LogP contribution in [0.15, 0.2) is 18.2 Å². The van der Waals surface area contributed by atoms with Gasteiger partial charge in [-0.3, -0.25) is 4.79 Å². The van der Waals surface area contributed by atoms with Gasteiger partial charge in [0.25, 0.3) is 0 Å². The zero-order valence-corrected chi connectivity index (χ0v) is 21.8. The van der Waals surface area contributed by atoms with Crippen LogP contribution in [0.3, 0.4) is 0 Å². The number of fused-ring (bicyclic) bond motifs is 4. The molecule has 1 unspecified atom stereocenters. The number of aliphatic hydroxyl groups is 2. The molecule has 1 aromatic carbocycles. The first-order valence-corrected chi connectivity index (χ1v) is 14.0. The Morgan fingerprint density at radius 1 is 1.00 bits per heavy atom. The summed E-state index contributed by atoms with van der Waals surface area (Å²) in [5.41, 5.74) is -1.97. The lowest BCUT2D eigenvalue weighted by atomic mass is 9.34. The summed E-state index contributed by atoms with van der Waals surface area (Å²) < 4.78 is 0. The van der Waals surface area contributed by atoms with Crippen LogP contribution in [0.2, 0.25) is 0 Å². The van der Waals surface area contributed by atoms with Crippen molar-refractivity contribution in [3.63, 3.8) is 0 Å². The molecule has 1 saturated heterocycles. The van der Waals surface area contributed by atoms with E-state index >= 15 is 0 Å². The Kier molecular flexibility index (Phi) is 4.55. The Morgan fingerprint density at radius 3 is 2.58 bits per heavy atom. The van der Waals surface area contributed by atoms with E-state index in [-0.39, 0.29) is 28.9 Å². The first kappa shape index (κ1) is 23.6. The molecule has 1 heterocycles. The number of benzene rings is 1. The Bertz CT molecular complexity index is 1150. The van der Waals surface area contributed by atoms with Gasteiger partial charge in [0.1, 0.15) is 17.1 Å². The molecule has 2 spiro atoms. The van der Waals surface area contributed by atoms with Crippen LogP contribution < -0.4 is 0 Å². The third-order valence-electron chi connectivity index (χ3n) is 12.0. The van der Waals surface area contributed by atoms with Crippen LogP contribution in [0.4, 0.5) is 0 Å². The van der Waals surface area contributed by atoms with Gasteiger partial charge < -0.3 is 15.3 Å². The molecule has 1 aliphatic heterocycles. The summed E-state index contributed by atoms with van der Waals surface area (Å²) in [7, 11) is 0. The fraction of sp³-hybridized carbons (Fsp3) is 0.767. The van der Waals surface area contributed by atoms with Gasteiger partial charge in [0.2, 0.25) is 0 Å². The molecule has 5 fully saturated rings. The van der Waals surface area contributed by atoms with E-state index in [4.69, 9.17) is 9.78 Å². The predicted octanol–water partition coefficient (Wildman–Crippen LogP) is 4.58. The lowest BCUT2D eigenvalue weighted by Crippen LogP contribution is -2.78. The van der Waals surface area contributed by atoms with Gasteiger partial charge in [-0.15, -0.1) is 0 Å². The molecule has 6 heteroatoms. The minimum atomic E-state index is -1.12. The minimum Gasteiger partial charge on any atom is -0.508 e. The van der Waals surface area contributed by atoms with Gasteiger partial charge in [-0.1, -0.05) is 26.8 Å². The molecular weight excluding hydrogens is 456 g/mol. The zero-order valence-electron chi connectivity index (χ0n) is 21.8. The molecule has 1 aromatic rings. The first-order chi connectivity index (χ1) is 16.9. The number of hydrogen-bond donors (Lipinski definition) is 3. The fourth-order valence-electron chi connectivity index (χ4n) is 10.7. The molecule has 196 valence electrons. The fourth-order valence-corrected chi connectivity index (χ4v) is 10.7. The van der Waals surface area contributed by atoms with Gasteiger partial charge in [0.15, 0.2) is 0 Å². The van der Waals surface area contributed by atoms with Crippen LogP contribution in [0, 0.1) is 28.1 Å². The highest BCUT2D eigenvalue weighted by atomic mass is 17.2. The maximum atomic E-state index is 13.2. The summed E-state index contributed by atoms with van der Waals surface area (Å²) >= 11 is 0. The van der Waals surface area contributed by atoms with E-state index in [1.165, 1.54) is 0 Å². The molecule has 8 atom stereocenters. The summed E-state index contributed by atoms with van der Waals surface area (Å²) in [5, 5.41) is 36.3. The average molecular weight is 497 g/mol. The van der Waals surface area contributed by atoms with Crippen LogP contribution in [0.1, 0.15) is 95.6 Å². The Morgan fingerprint density at radius 2 is 1.81 bits per heavy atom. The second-order valence-electron chi connectivity index (χ2n) is 14.4. The topological polar surface area (TPSA) is 96.2 Å². The predicted molar refractivity (Wildman–Crippen MR) is 132 cm³/mol. The molecule has 0 bridgehead atoms. The molecule has 3 N–H and O–H groups in total. The van der Waals surface area contributed by atoms with Crippen LogP contribution in [0.25, 0.3) is 0 Å². The normalized spacial score (nSPS) is 50.7. The second kappa shape index (κ2) is 6.93. The monoisotopic (exact) mass is 496 g/mol. The lowest BCUT2D eigenvalue weighted by molar-refractivity contribution is -0.431. The van der Waals surface area contributed by atoms with E-state index in [1.807, 2.05) is 12.1 Å². The summed E-state index contributed by atoms with van der Waals surface area (Å²) in [4.78, 5) is 24.9. The van der Waals surface area contributed by atoms with Crippen molar-refractivity contribution in [3.8, 4) is 5.75 Å². The van der Waals surface area contributed by atoms with E-state index in [9.17, 15) is 20.1 Å². The van der Waals surface area contributed by atoms with Gasteiger partial charge in [0.05, 0.1) is 17.8 Å². The summed E-state index contributed by atoms with van der Waals surface area (Å²) in [6.45, 7) is 7.03. The third-order valence-corrected chi connectivity index (χ3v) is 12.0. The molecular formula is C30H40O6. The van der Waals surface area contributed by atoms with Crippen molar-refractivity contribution in [2.75, 3.05) is 6.61 Å². The van der Waals surface area contributed by atoms with Crippen molar-refractivity contribution >= 4 is 5.78 Å². The van der Waals surface area contributed by atoms with Crippen LogP contribution in [-0.4, -0.2) is 44.5 Å². The van der Waals surface area contributed by atoms with Gasteiger partial charge >= 0.3 is 0 Å². The molecule has 6 aliphatic rings. The Balaban J connectivity index is 1.40. The number of hydrogen-bond acceptors (Lipinski definition) is 6. The summed E-state index contributed by atoms with van der Waals surface area (Å²) in [6, 6.07) is 5.49. The maximum Gasteiger partial charge on any atom is 0.139 e. The van der Waals surface area contributed by atoms with Gasteiger partial charge in [-0.2, -0.15) is 0 Å². The number of aromatic hydroxyl groups is 1. The lowest BCUT2D eigenvalue weighted by Gasteiger charge is -2.73. The van der Waals surface area contributed by atoms with E-state index in [0.29, 0.717) is 57.3 Å². The van der Waals surface area contributed by atoms with E-state index in [1.54, 1.807) is 6.07 Å². The number of phenols is 1. The van der Waals surface area contributed by atoms with Crippen molar-refractivity contribution in [2.24, 2.45) is 28.1 Å². The number of Topliss-reactive ketones (excluding diaryl/α,β-unsaturated/α-hetero) is 1. The molecule has 7 rings (SSSR count). The van der Waals surface area contributed by atoms with Gasteiger partial charge in [0, 0.05) is 29.6 Å². The van der Waals surface area contributed by atoms with E-state index in [0.717, 1.165) is 30.4 Å². The maximum absolute atomic E-state index is 13.2. The molecule has 4 saturated carbocycles. The number of carbonyl (C=O) groups is 1. The number of ketones is 1. The molecule has 0 radical (unpaired) electrons. The summed E-state index contributed by atoms with van der Waals surface area (Å²) in [5.74, 6) is 0.421. The van der Waals surface area contributed by atoms with Crippen LogP contribution in [0.5, 0.6) is 5.75 Å². The van der Waals surface area contributed by atoms with Crippen molar-refractivity contribution in [1.82, 2.24) is 0 Å². The smallest absolute Gasteiger partial charge is 0.139 e. The first-order valence-electron chi connectivity index (χ1n) is 14.0. The highest BCUT2D eigenvalue weighted by Gasteiger charge is 2.78. The Labute approximate surface area is 213 Å². The molecule has 36 heavy (non-hydrogen) atoms. The Hall–Kier alpha value is -1.47. The number of phenolic OH excluding ortho intramolecular Hbond substituents is 1. The number of rotatable bonds is 0. The molecule has 6 nitrogen and oxygen atoms in total. The average Bonchev–Trinajstić information content (AvgIpc) is 3.08. The van der Waals surface area contributed by atoms with Crippen LogP contribution in [-0.2, 0) is 21.0 Å². The summed E-state index contributed by atoms with van der Waals surface area (Å²) in [6.07, 6.45) is 6.49. The highest BCUT2D eigenvalue weighted by Crippen LogP contribution is 2.75. The van der Waals surface area contributed by atoms with Crippen LogP contribution >= 0.6 is 0 Å². The highest BCUT2D eigenvalue weighted by molar-refractivity contribution is 5.87. The van der Waals surface area contributed by atoms with Gasteiger partial charge in [-0.05, 0) is 91.9 Å². The largest absolute Gasteiger partial charge is 0.508 e. The van der Waals surface area contributed by atoms with Crippen molar-refractivity contribution in [3.05, 3.63) is 29.3 Å². The quantitative estimate of drug-likeness (QED) is 0.455. The second-order valence-corrected chi connectivity index (χ2v) is 14.4. The van der Waals surface area contributed by atoms with Crippen molar-refractivity contribution < 1.29 is 29.9 Å². The SMILES string of the molecule is CC1(C)COOC2(CC[C@@]34Cc5cc(O)ccc5[C@H]5C[C@]6(C)C(=O)CC[C@H]6[C@H](CC[C@@]3(O)C2)[C@]54O)C1. The minimum absolute atomic E-state index is 0.0241. The number of carbonyl (C=O) groups excluding carboxylic acids is 1. The van der Waals surface area contributed by atoms with Crippen molar-refractivity contribution in [1.29, 1.82) is 0 Å². The van der Waals surface area contributed by atoms with Gasteiger partial charge in [-0.25, -0.2) is 9.78 Å². The third kappa shape index (κ3) is 2.70. The molecule has 0 amide bonds. The standard InChI is InChI=1S/C30H40O6/c1-25(2)15-27(36-35-17-25)10-11-28-13-18-12-19(31)4-5-20(18)23-14-26(3)21(6-7-24(26)32)22(30(23,28)34)8-9-29(28,33)16-27/h4-5,12,21-23,31,33-34H,6-11,13-17H2,1-3H3/t21-,22-,23+,26-,27?,28+,29+,30-/m0/s1. The molecule has 5 aliphatic carbocycles. The van der Waals surface area contributed by atoms with E-state index in [2.05, 4.69) is 20.8 Å². The zero-order chi connectivity index (χ0) is 25.4.